The Morgan fingerprint density at radius 1 is 0.900 bits per heavy atom. The molecule has 0 aromatic heterocycles. The van der Waals surface area contributed by atoms with Gasteiger partial charge in [-0.1, -0.05) is 60.7 Å². The van der Waals surface area contributed by atoms with Gasteiger partial charge in [-0.15, -0.1) is 0 Å². The Morgan fingerprint density at radius 3 is 1.75 bits per heavy atom. The molecular weight excluding hydrogens is 252 g/mol. The van der Waals surface area contributed by atoms with Crippen LogP contribution < -0.4 is 11.1 Å². The van der Waals surface area contributed by atoms with Gasteiger partial charge in [-0.05, 0) is 11.1 Å². The molecule has 2 aromatic carbocycles. The maximum atomic E-state index is 12.3. The predicted octanol–water partition coefficient (Wildman–Crippen LogP) is 1.74. The van der Waals surface area contributed by atoms with Gasteiger partial charge >= 0.3 is 0 Å². The molecule has 0 aliphatic heterocycles. The molecule has 2 amide bonds. The Kier molecular flexibility index (Phi) is 4.50. The van der Waals surface area contributed by atoms with E-state index in [4.69, 9.17) is 5.73 Å². The van der Waals surface area contributed by atoms with Gasteiger partial charge in [-0.25, -0.2) is 0 Å². The standard InChI is InChI=1S/C16H15N2O2/c17-14(19)11-18-16(20)15(12-7-3-1-4-8-12)13-9-5-2-6-10-13/h1-10,15,17H,11H2,(H,18,20). The van der Waals surface area contributed by atoms with Crippen LogP contribution in [0.15, 0.2) is 60.7 Å². The van der Waals surface area contributed by atoms with Crippen molar-refractivity contribution in [3.8, 4) is 0 Å². The van der Waals surface area contributed by atoms with E-state index in [1.807, 2.05) is 60.7 Å². The average molecular weight is 267 g/mol. The minimum Gasteiger partial charge on any atom is -0.346 e. The Balaban J connectivity index is 2.30. The molecule has 2 N–H and O–H groups in total. The van der Waals surface area contributed by atoms with Gasteiger partial charge in [0, 0.05) is 0 Å². The van der Waals surface area contributed by atoms with Crippen molar-refractivity contribution in [2.24, 2.45) is 0 Å². The first-order chi connectivity index (χ1) is 9.68. The minimum absolute atomic E-state index is 0.269. The molecule has 0 unspecified atom stereocenters. The zero-order valence-corrected chi connectivity index (χ0v) is 10.9. The molecule has 0 heterocycles. The summed E-state index contributed by atoms with van der Waals surface area (Å²) in [5.41, 5.74) is 8.58. The van der Waals surface area contributed by atoms with Crippen LogP contribution in [-0.2, 0) is 9.59 Å². The van der Waals surface area contributed by atoms with E-state index in [-0.39, 0.29) is 12.5 Å². The van der Waals surface area contributed by atoms with E-state index in [0.29, 0.717) is 0 Å². The molecule has 0 fully saturated rings. The van der Waals surface area contributed by atoms with Crippen LogP contribution in [0.25, 0.3) is 0 Å². The minimum atomic E-state index is -0.807. The smallest absolute Gasteiger partial charge is 0.257 e. The molecule has 0 aliphatic rings. The van der Waals surface area contributed by atoms with Gasteiger partial charge in [0.15, 0.2) is 0 Å². The van der Waals surface area contributed by atoms with Crippen molar-refractivity contribution < 1.29 is 9.59 Å². The lowest BCUT2D eigenvalue weighted by atomic mass is 9.90. The largest absolute Gasteiger partial charge is 0.346 e. The van der Waals surface area contributed by atoms with Crippen LogP contribution in [0.4, 0.5) is 0 Å². The highest BCUT2D eigenvalue weighted by Crippen LogP contribution is 2.24. The topological polar surface area (TPSA) is 70.0 Å². The summed E-state index contributed by atoms with van der Waals surface area (Å²) in [5.74, 6) is -1.56. The average Bonchev–Trinajstić information content (AvgIpc) is 2.48. The number of benzene rings is 2. The van der Waals surface area contributed by atoms with Crippen LogP contribution in [0, 0.1) is 0 Å². The van der Waals surface area contributed by atoms with Crippen molar-refractivity contribution in [2.45, 2.75) is 5.92 Å². The second-order valence-electron chi connectivity index (χ2n) is 4.40. The molecular formula is C16H15N2O2. The van der Waals surface area contributed by atoms with Gasteiger partial charge in [-0.2, -0.15) is 0 Å². The van der Waals surface area contributed by atoms with Crippen LogP contribution in [-0.4, -0.2) is 18.4 Å². The molecule has 20 heavy (non-hydrogen) atoms. The van der Waals surface area contributed by atoms with Gasteiger partial charge < -0.3 is 5.32 Å². The van der Waals surface area contributed by atoms with E-state index < -0.39 is 11.8 Å². The van der Waals surface area contributed by atoms with Crippen LogP contribution in [0.5, 0.6) is 0 Å². The van der Waals surface area contributed by atoms with Gasteiger partial charge in [0.05, 0.1) is 12.5 Å². The van der Waals surface area contributed by atoms with Crippen LogP contribution >= 0.6 is 0 Å². The highest BCUT2D eigenvalue weighted by Gasteiger charge is 2.22. The van der Waals surface area contributed by atoms with Crippen molar-refractivity contribution in [3.63, 3.8) is 0 Å². The van der Waals surface area contributed by atoms with E-state index in [2.05, 4.69) is 5.32 Å². The van der Waals surface area contributed by atoms with E-state index in [1.54, 1.807) is 0 Å². The first-order valence-corrected chi connectivity index (χ1v) is 6.30. The lowest BCUT2D eigenvalue weighted by Gasteiger charge is -2.17. The van der Waals surface area contributed by atoms with Gasteiger partial charge in [-0.3, -0.25) is 15.3 Å². The van der Waals surface area contributed by atoms with E-state index >= 15 is 0 Å². The summed E-state index contributed by atoms with van der Waals surface area (Å²) in [4.78, 5) is 23.0. The Morgan fingerprint density at radius 2 is 1.35 bits per heavy atom. The number of nitrogens with one attached hydrogen (secondary N) is 2. The molecule has 0 spiro atoms. The number of carbonyl (C=O) groups is 2. The van der Waals surface area contributed by atoms with Crippen molar-refractivity contribution in [2.75, 3.05) is 6.54 Å². The zero-order valence-electron chi connectivity index (χ0n) is 10.9. The SMILES string of the molecule is [NH]C(=O)CNC(=O)C(c1ccccc1)c1ccccc1. The van der Waals surface area contributed by atoms with Crippen molar-refractivity contribution in [1.29, 1.82) is 0 Å². The van der Waals surface area contributed by atoms with E-state index in [0.717, 1.165) is 11.1 Å². The first-order valence-electron chi connectivity index (χ1n) is 6.30. The number of carbonyl (C=O) groups excluding carboxylic acids is 2. The fourth-order valence-electron chi connectivity index (χ4n) is 2.06. The van der Waals surface area contributed by atoms with E-state index in [1.165, 1.54) is 0 Å². The molecule has 4 nitrogen and oxygen atoms in total. The highest BCUT2D eigenvalue weighted by atomic mass is 16.2. The lowest BCUT2D eigenvalue weighted by Crippen LogP contribution is -2.34. The number of hydrogen-bond donors (Lipinski definition) is 1. The lowest BCUT2D eigenvalue weighted by molar-refractivity contribution is -0.125. The Bertz CT molecular complexity index is 542. The third-order valence-corrected chi connectivity index (χ3v) is 2.95. The van der Waals surface area contributed by atoms with Crippen LogP contribution in [0.2, 0.25) is 0 Å². The van der Waals surface area contributed by atoms with Gasteiger partial charge in [0.1, 0.15) is 0 Å². The second-order valence-corrected chi connectivity index (χ2v) is 4.40. The molecule has 0 aliphatic carbocycles. The Labute approximate surface area is 117 Å². The van der Waals surface area contributed by atoms with Crippen molar-refractivity contribution >= 4 is 11.8 Å². The Hall–Kier alpha value is -2.62. The fraction of sp³-hybridized carbons (Fsp3) is 0.125. The van der Waals surface area contributed by atoms with E-state index in [9.17, 15) is 9.59 Å². The molecule has 101 valence electrons. The normalized spacial score (nSPS) is 10.2. The van der Waals surface area contributed by atoms with Crippen LogP contribution in [0.1, 0.15) is 17.0 Å². The second kappa shape index (κ2) is 6.52. The monoisotopic (exact) mass is 267 g/mol. The van der Waals surface area contributed by atoms with Crippen molar-refractivity contribution in [3.05, 3.63) is 71.8 Å². The maximum Gasteiger partial charge on any atom is 0.257 e. The van der Waals surface area contributed by atoms with Crippen molar-refractivity contribution in [1.82, 2.24) is 11.1 Å². The summed E-state index contributed by atoms with van der Waals surface area (Å²) in [6.07, 6.45) is 0. The summed E-state index contributed by atoms with van der Waals surface area (Å²) >= 11 is 0. The fourth-order valence-corrected chi connectivity index (χ4v) is 2.06. The summed E-state index contributed by atoms with van der Waals surface area (Å²) in [5, 5.41) is 2.50. The molecule has 0 bridgehead atoms. The predicted molar refractivity (Wildman–Crippen MR) is 75.8 cm³/mol. The van der Waals surface area contributed by atoms with Gasteiger partial charge in [0.25, 0.3) is 5.91 Å². The summed E-state index contributed by atoms with van der Waals surface area (Å²) in [7, 11) is 0. The number of rotatable bonds is 5. The quantitative estimate of drug-likeness (QED) is 0.896. The third-order valence-electron chi connectivity index (χ3n) is 2.95. The molecule has 1 radical (unpaired) electrons. The molecule has 0 saturated carbocycles. The maximum absolute atomic E-state index is 12.3. The molecule has 0 atom stereocenters. The summed E-state index contributed by atoms with van der Waals surface area (Å²) in [6.45, 7) is -0.269. The van der Waals surface area contributed by atoms with Gasteiger partial charge in [0.2, 0.25) is 5.91 Å². The zero-order chi connectivity index (χ0) is 14.4. The summed E-state index contributed by atoms with van der Waals surface area (Å²) in [6, 6.07) is 18.7. The first kappa shape index (κ1) is 13.8. The molecule has 2 aromatic rings. The highest BCUT2D eigenvalue weighted by molar-refractivity contribution is 5.90. The third kappa shape index (κ3) is 3.45. The molecule has 0 saturated heterocycles. The summed E-state index contributed by atoms with van der Waals surface area (Å²) < 4.78 is 0. The number of hydrogen-bond acceptors (Lipinski definition) is 2. The molecule has 4 heteroatoms. The van der Waals surface area contributed by atoms with Crippen LogP contribution in [0.3, 0.4) is 0 Å². The number of amides is 2. The molecule has 2 rings (SSSR count).